The summed E-state index contributed by atoms with van der Waals surface area (Å²) in [7, 11) is 0. The first-order valence-electron chi connectivity index (χ1n) is 8.56. The van der Waals surface area contributed by atoms with Gasteiger partial charge in [0.1, 0.15) is 24.3 Å². The predicted octanol–water partition coefficient (Wildman–Crippen LogP) is 2.75. The summed E-state index contributed by atoms with van der Waals surface area (Å²) in [6.07, 6.45) is 1.94. The number of aliphatic hydroxyl groups excluding tert-OH is 1. The second kappa shape index (κ2) is 12.8. The van der Waals surface area contributed by atoms with E-state index >= 15 is 0 Å². The highest BCUT2D eigenvalue weighted by Gasteiger charge is 2.06. The Morgan fingerprint density at radius 3 is 2.70 bits per heavy atom. The van der Waals surface area contributed by atoms with Crippen molar-refractivity contribution in [3.63, 3.8) is 0 Å². The Balaban J connectivity index is 0.00000364. The van der Waals surface area contributed by atoms with Gasteiger partial charge in [0.05, 0.1) is 11.6 Å². The molecule has 3 N–H and O–H groups in total. The largest absolute Gasteiger partial charge is 0.491 e. The van der Waals surface area contributed by atoms with Crippen molar-refractivity contribution in [2.75, 3.05) is 26.2 Å². The summed E-state index contributed by atoms with van der Waals surface area (Å²) in [5.74, 6) is 0.830. The highest BCUT2D eigenvalue weighted by Crippen LogP contribution is 2.12. The van der Waals surface area contributed by atoms with Crippen molar-refractivity contribution < 1.29 is 14.2 Å². The van der Waals surface area contributed by atoms with Crippen molar-refractivity contribution in [1.82, 2.24) is 15.6 Å². The lowest BCUT2D eigenvalue weighted by Crippen LogP contribution is -2.39. The van der Waals surface area contributed by atoms with Gasteiger partial charge in [0, 0.05) is 30.6 Å². The third-order valence-corrected chi connectivity index (χ3v) is 4.33. The van der Waals surface area contributed by atoms with E-state index < -0.39 is 6.10 Å². The molecular weight excluding hydrogens is 482 g/mol. The van der Waals surface area contributed by atoms with Crippen LogP contribution in [0.25, 0.3) is 0 Å². The minimum Gasteiger partial charge on any atom is -0.491 e. The highest BCUT2D eigenvalue weighted by molar-refractivity contribution is 14.0. The zero-order valence-electron chi connectivity index (χ0n) is 15.4. The molecule has 1 atom stereocenters. The van der Waals surface area contributed by atoms with E-state index in [1.54, 1.807) is 11.3 Å². The van der Waals surface area contributed by atoms with Gasteiger partial charge in [-0.3, -0.25) is 4.99 Å². The molecule has 0 saturated heterocycles. The minimum absolute atomic E-state index is 0. The fourth-order valence-electron chi connectivity index (χ4n) is 2.12. The van der Waals surface area contributed by atoms with Gasteiger partial charge in [0.15, 0.2) is 5.96 Å². The van der Waals surface area contributed by atoms with Crippen LogP contribution in [0.4, 0.5) is 4.39 Å². The monoisotopic (exact) mass is 508 g/mol. The molecule has 1 aromatic heterocycles. The Morgan fingerprint density at radius 2 is 2.07 bits per heavy atom. The summed E-state index contributed by atoms with van der Waals surface area (Å²) >= 11 is 1.68. The SMILES string of the molecule is CCNC(=NCC(O)COc1ccc(F)cc1)NCCc1ncc(C)s1.I. The first-order valence-corrected chi connectivity index (χ1v) is 9.38. The van der Waals surface area contributed by atoms with E-state index in [-0.39, 0.29) is 42.9 Å². The van der Waals surface area contributed by atoms with E-state index in [0.717, 1.165) is 18.0 Å². The van der Waals surface area contributed by atoms with Crippen molar-refractivity contribution in [2.24, 2.45) is 4.99 Å². The van der Waals surface area contributed by atoms with Gasteiger partial charge in [-0.15, -0.1) is 35.3 Å². The van der Waals surface area contributed by atoms with E-state index in [2.05, 4.69) is 20.6 Å². The summed E-state index contributed by atoms with van der Waals surface area (Å²) < 4.78 is 18.3. The average molecular weight is 508 g/mol. The molecule has 0 radical (unpaired) electrons. The maximum atomic E-state index is 12.8. The van der Waals surface area contributed by atoms with Crippen LogP contribution >= 0.6 is 35.3 Å². The number of nitrogens with zero attached hydrogens (tertiary/aromatic N) is 2. The standard InChI is InChI=1S/C18H25FN4O2S.HI/c1-3-20-18(21-9-8-17-22-10-13(2)26-17)23-11-15(24)12-25-16-6-4-14(19)5-7-16;/h4-7,10,15,24H,3,8-9,11-12H2,1-2H3,(H2,20,21,23);1H. The van der Waals surface area contributed by atoms with Crippen LogP contribution in [0.3, 0.4) is 0 Å². The van der Waals surface area contributed by atoms with E-state index in [0.29, 0.717) is 18.3 Å². The molecule has 0 saturated carbocycles. The molecule has 27 heavy (non-hydrogen) atoms. The summed E-state index contributed by atoms with van der Waals surface area (Å²) in [5.41, 5.74) is 0. The molecule has 1 unspecified atom stereocenters. The van der Waals surface area contributed by atoms with E-state index in [9.17, 15) is 9.50 Å². The number of aliphatic hydroxyl groups is 1. The quantitative estimate of drug-likeness (QED) is 0.276. The molecular formula is C18H26FIN4O2S. The molecule has 0 aliphatic carbocycles. The molecule has 0 fully saturated rings. The lowest BCUT2D eigenvalue weighted by molar-refractivity contribution is 0.114. The Hall–Kier alpha value is -1.46. The number of guanidine groups is 1. The summed E-state index contributed by atoms with van der Waals surface area (Å²) in [5, 5.41) is 17.5. The van der Waals surface area contributed by atoms with Crippen molar-refractivity contribution in [2.45, 2.75) is 26.4 Å². The Morgan fingerprint density at radius 1 is 1.33 bits per heavy atom. The highest BCUT2D eigenvalue weighted by atomic mass is 127. The van der Waals surface area contributed by atoms with Gasteiger partial charge in [-0.2, -0.15) is 0 Å². The number of aryl methyl sites for hydroxylation is 1. The van der Waals surface area contributed by atoms with Gasteiger partial charge in [-0.05, 0) is 38.1 Å². The summed E-state index contributed by atoms with van der Waals surface area (Å²) in [6.45, 7) is 5.75. The zero-order chi connectivity index (χ0) is 18.8. The fraction of sp³-hybridized carbons (Fsp3) is 0.444. The topological polar surface area (TPSA) is 78.8 Å². The second-order valence-electron chi connectivity index (χ2n) is 5.68. The van der Waals surface area contributed by atoms with Crippen LogP contribution in [0.1, 0.15) is 16.8 Å². The van der Waals surface area contributed by atoms with Crippen molar-refractivity contribution in [1.29, 1.82) is 0 Å². The van der Waals surface area contributed by atoms with E-state index in [1.807, 2.05) is 20.0 Å². The van der Waals surface area contributed by atoms with Gasteiger partial charge < -0.3 is 20.5 Å². The van der Waals surface area contributed by atoms with Crippen LogP contribution in [0, 0.1) is 12.7 Å². The van der Waals surface area contributed by atoms with Crippen molar-refractivity contribution in [3.05, 3.63) is 46.2 Å². The molecule has 0 bridgehead atoms. The molecule has 9 heteroatoms. The molecule has 1 aromatic carbocycles. The third kappa shape index (κ3) is 9.34. The normalized spacial score (nSPS) is 12.2. The van der Waals surface area contributed by atoms with Gasteiger partial charge in [0.2, 0.25) is 0 Å². The number of hydrogen-bond donors (Lipinski definition) is 3. The predicted molar refractivity (Wildman–Crippen MR) is 118 cm³/mol. The number of hydrogen-bond acceptors (Lipinski definition) is 5. The number of nitrogens with one attached hydrogen (secondary N) is 2. The number of aliphatic imine (C=N–C) groups is 1. The van der Waals surface area contributed by atoms with Crippen LogP contribution in [-0.2, 0) is 6.42 Å². The second-order valence-corrected chi connectivity index (χ2v) is 7.00. The van der Waals surface area contributed by atoms with Crippen LogP contribution < -0.4 is 15.4 Å². The van der Waals surface area contributed by atoms with Gasteiger partial charge in [-0.1, -0.05) is 0 Å². The number of halogens is 2. The lowest BCUT2D eigenvalue weighted by atomic mass is 10.3. The maximum absolute atomic E-state index is 12.8. The molecule has 2 aromatic rings. The molecule has 0 aliphatic heterocycles. The van der Waals surface area contributed by atoms with Crippen LogP contribution in [-0.4, -0.2) is 48.4 Å². The molecule has 6 nitrogen and oxygen atoms in total. The average Bonchev–Trinajstić information content (AvgIpc) is 3.04. The molecule has 0 aliphatic rings. The molecule has 0 amide bonds. The van der Waals surface area contributed by atoms with Gasteiger partial charge in [-0.25, -0.2) is 9.37 Å². The number of aromatic nitrogens is 1. The van der Waals surface area contributed by atoms with Gasteiger partial charge in [0.25, 0.3) is 0 Å². The summed E-state index contributed by atoms with van der Waals surface area (Å²) in [4.78, 5) is 9.89. The minimum atomic E-state index is -0.753. The number of ether oxygens (including phenoxy) is 1. The van der Waals surface area contributed by atoms with Crippen LogP contribution in [0.2, 0.25) is 0 Å². The van der Waals surface area contributed by atoms with Crippen molar-refractivity contribution >= 4 is 41.3 Å². The smallest absolute Gasteiger partial charge is 0.191 e. The fourth-order valence-corrected chi connectivity index (χ4v) is 2.91. The molecule has 150 valence electrons. The summed E-state index contributed by atoms with van der Waals surface area (Å²) in [6, 6.07) is 5.68. The first-order chi connectivity index (χ1) is 12.6. The Kier molecular flexibility index (Phi) is 11.2. The third-order valence-electron chi connectivity index (χ3n) is 3.36. The van der Waals surface area contributed by atoms with E-state index in [4.69, 9.17) is 4.74 Å². The Bertz CT molecular complexity index is 697. The zero-order valence-corrected chi connectivity index (χ0v) is 18.6. The number of thiazole rings is 1. The maximum Gasteiger partial charge on any atom is 0.191 e. The number of benzene rings is 1. The first kappa shape index (κ1) is 23.6. The molecule has 1 heterocycles. The van der Waals surface area contributed by atoms with Crippen LogP contribution in [0.5, 0.6) is 5.75 Å². The molecule has 2 rings (SSSR count). The lowest BCUT2D eigenvalue weighted by Gasteiger charge is -2.13. The van der Waals surface area contributed by atoms with Gasteiger partial charge >= 0.3 is 0 Å². The Labute approximate surface area is 180 Å². The number of rotatable bonds is 9. The molecule has 0 spiro atoms. The van der Waals surface area contributed by atoms with Crippen LogP contribution in [0.15, 0.2) is 35.5 Å². The van der Waals surface area contributed by atoms with E-state index in [1.165, 1.54) is 29.1 Å². The van der Waals surface area contributed by atoms with Crippen molar-refractivity contribution in [3.8, 4) is 5.75 Å².